The molecule has 0 fully saturated rings. The molecule has 0 bridgehead atoms. The molecule has 0 spiro atoms. The number of aromatic hydroxyl groups is 1. The highest BCUT2D eigenvalue weighted by atomic mass is 16.5. The van der Waals surface area contributed by atoms with E-state index in [1.807, 2.05) is 6.92 Å². The first-order valence-corrected chi connectivity index (χ1v) is 4.98. The Labute approximate surface area is 92.3 Å². The molecule has 16 heavy (non-hydrogen) atoms. The van der Waals surface area contributed by atoms with Gasteiger partial charge >= 0.3 is 5.97 Å². The zero-order valence-corrected chi connectivity index (χ0v) is 9.10. The molecule has 5 nitrogen and oxygen atoms in total. The number of hydrogen-bond donors (Lipinski definition) is 1. The van der Waals surface area contributed by atoms with Gasteiger partial charge in [-0.2, -0.15) is 5.10 Å². The molecule has 84 valence electrons. The van der Waals surface area contributed by atoms with Gasteiger partial charge in [0, 0.05) is 6.20 Å². The van der Waals surface area contributed by atoms with E-state index >= 15 is 0 Å². The van der Waals surface area contributed by atoms with E-state index in [0.29, 0.717) is 5.52 Å². The summed E-state index contributed by atoms with van der Waals surface area (Å²) in [7, 11) is 0. The number of nitrogens with zero attached hydrogens (tertiary/aromatic N) is 2. The summed E-state index contributed by atoms with van der Waals surface area (Å²) >= 11 is 0. The van der Waals surface area contributed by atoms with Gasteiger partial charge in [0.2, 0.25) is 0 Å². The average Bonchev–Trinajstić information content (AvgIpc) is 2.62. The van der Waals surface area contributed by atoms with Crippen LogP contribution < -0.4 is 0 Å². The highest BCUT2D eigenvalue weighted by molar-refractivity contribution is 5.95. The molecule has 2 aromatic heterocycles. The van der Waals surface area contributed by atoms with Gasteiger partial charge in [-0.3, -0.25) is 0 Å². The Bertz CT molecular complexity index is 545. The van der Waals surface area contributed by atoms with Gasteiger partial charge in [-0.05, 0) is 25.5 Å². The molecule has 0 aromatic carbocycles. The molecular weight excluding hydrogens is 208 g/mol. The highest BCUT2D eigenvalue weighted by Crippen LogP contribution is 2.26. The van der Waals surface area contributed by atoms with Crippen LogP contribution in [-0.2, 0) is 4.74 Å². The highest BCUT2D eigenvalue weighted by Gasteiger charge is 2.16. The van der Waals surface area contributed by atoms with E-state index in [4.69, 9.17) is 4.74 Å². The predicted octanol–water partition coefficient (Wildman–Crippen LogP) is 1.53. The molecule has 0 aliphatic rings. The predicted molar refractivity (Wildman–Crippen MR) is 57.6 cm³/mol. The Kier molecular flexibility index (Phi) is 2.52. The third-order valence-electron chi connectivity index (χ3n) is 2.34. The number of hydrogen-bond acceptors (Lipinski definition) is 4. The monoisotopic (exact) mass is 220 g/mol. The fourth-order valence-electron chi connectivity index (χ4n) is 1.58. The van der Waals surface area contributed by atoms with Crippen LogP contribution in [0.2, 0.25) is 0 Å². The lowest BCUT2D eigenvalue weighted by Gasteiger charge is -2.05. The smallest absolute Gasteiger partial charge is 0.342 e. The Morgan fingerprint density at radius 1 is 1.62 bits per heavy atom. The van der Waals surface area contributed by atoms with E-state index in [-0.39, 0.29) is 17.9 Å². The number of esters is 1. The molecule has 0 amide bonds. The minimum atomic E-state index is -0.525. The van der Waals surface area contributed by atoms with Crippen molar-refractivity contribution in [2.45, 2.75) is 13.8 Å². The lowest BCUT2D eigenvalue weighted by atomic mass is 10.2. The van der Waals surface area contributed by atoms with Gasteiger partial charge in [-0.15, -0.1) is 0 Å². The van der Waals surface area contributed by atoms with Crippen LogP contribution in [0, 0.1) is 6.92 Å². The maximum Gasteiger partial charge on any atom is 0.342 e. The number of aromatic nitrogens is 2. The van der Waals surface area contributed by atoms with Crippen molar-refractivity contribution >= 4 is 11.5 Å². The molecule has 2 heterocycles. The van der Waals surface area contributed by atoms with Gasteiger partial charge in [0.1, 0.15) is 11.1 Å². The van der Waals surface area contributed by atoms with E-state index < -0.39 is 5.97 Å². The van der Waals surface area contributed by atoms with E-state index in [9.17, 15) is 9.90 Å². The molecule has 0 aliphatic carbocycles. The molecule has 0 aliphatic heterocycles. The van der Waals surface area contributed by atoms with Gasteiger partial charge in [-0.1, -0.05) is 0 Å². The second kappa shape index (κ2) is 3.84. The van der Waals surface area contributed by atoms with E-state index in [0.717, 1.165) is 5.56 Å². The van der Waals surface area contributed by atoms with Gasteiger partial charge < -0.3 is 9.84 Å². The number of pyridine rings is 1. The lowest BCUT2D eigenvalue weighted by molar-refractivity contribution is 0.0523. The molecule has 5 heteroatoms. The molecule has 2 aromatic rings. The van der Waals surface area contributed by atoms with Crippen molar-refractivity contribution in [2.75, 3.05) is 6.61 Å². The van der Waals surface area contributed by atoms with Crippen LogP contribution in [0.15, 0.2) is 18.5 Å². The lowest BCUT2D eigenvalue weighted by Crippen LogP contribution is -2.06. The summed E-state index contributed by atoms with van der Waals surface area (Å²) in [6.45, 7) is 3.82. The molecule has 2 rings (SSSR count). The molecule has 0 radical (unpaired) electrons. The van der Waals surface area contributed by atoms with Crippen molar-refractivity contribution in [3.63, 3.8) is 0 Å². The van der Waals surface area contributed by atoms with Crippen LogP contribution in [0.5, 0.6) is 5.75 Å². The summed E-state index contributed by atoms with van der Waals surface area (Å²) in [4.78, 5) is 11.5. The fourth-order valence-corrected chi connectivity index (χ4v) is 1.58. The summed E-state index contributed by atoms with van der Waals surface area (Å²) in [6, 6.07) is 1.49. The second-order valence-corrected chi connectivity index (χ2v) is 3.42. The topological polar surface area (TPSA) is 63.8 Å². The summed E-state index contributed by atoms with van der Waals surface area (Å²) in [5.41, 5.74) is 1.51. The third-order valence-corrected chi connectivity index (χ3v) is 2.34. The van der Waals surface area contributed by atoms with E-state index in [2.05, 4.69) is 5.10 Å². The van der Waals surface area contributed by atoms with Crippen LogP contribution in [-0.4, -0.2) is 27.3 Å². The number of aryl methyl sites for hydroxylation is 1. The third kappa shape index (κ3) is 1.50. The summed E-state index contributed by atoms with van der Waals surface area (Å²) < 4.78 is 6.37. The van der Waals surface area contributed by atoms with Crippen molar-refractivity contribution in [1.29, 1.82) is 0 Å². The molecular formula is C11H12N2O3. The van der Waals surface area contributed by atoms with E-state index in [1.54, 1.807) is 19.3 Å². The minimum Gasteiger partial charge on any atom is -0.505 e. The Hall–Kier alpha value is -2.04. The van der Waals surface area contributed by atoms with Crippen molar-refractivity contribution in [1.82, 2.24) is 9.61 Å². The molecule has 0 saturated carbocycles. The SMILES string of the molecule is CCOC(=O)c1ccn2ncc(C)c2c1O. The van der Waals surface area contributed by atoms with Gasteiger partial charge in [-0.25, -0.2) is 9.31 Å². The van der Waals surface area contributed by atoms with Gasteiger partial charge in [0.25, 0.3) is 0 Å². The maximum absolute atomic E-state index is 11.5. The maximum atomic E-state index is 11.5. The van der Waals surface area contributed by atoms with Crippen molar-refractivity contribution in [3.8, 4) is 5.75 Å². The Morgan fingerprint density at radius 2 is 2.38 bits per heavy atom. The van der Waals surface area contributed by atoms with Crippen LogP contribution in [0.3, 0.4) is 0 Å². The van der Waals surface area contributed by atoms with E-state index in [1.165, 1.54) is 10.6 Å². The van der Waals surface area contributed by atoms with Crippen molar-refractivity contribution in [2.24, 2.45) is 0 Å². The quantitative estimate of drug-likeness (QED) is 0.779. The number of fused-ring (bicyclic) bond motifs is 1. The summed E-state index contributed by atoms with van der Waals surface area (Å²) in [6.07, 6.45) is 3.25. The molecule has 0 unspecified atom stereocenters. The zero-order valence-electron chi connectivity index (χ0n) is 9.10. The van der Waals surface area contributed by atoms with Crippen LogP contribution in [0.4, 0.5) is 0 Å². The Balaban J connectivity index is 2.59. The van der Waals surface area contributed by atoms with Crippen molar-refractivity contribution in [3.05, 3.63) is 29.6 Å². The summed E-state index contributed by atoms with van der Waals surface area (Å²) in [5.74, 6) is -0.612. The normalized spacial score (nSPS) is 10.6. The zero-order chi connectivity index (χ0) is 11.7. The van der Waals surface area contributed by atoms with Crippen LogP contribution >= 0.6 is 0 Å². The number of ether oxygens (including phenoxy) is 1. The van der Waals surface area contributed by atoms with Crippen LogP contribution in [0.1, 0.15) is 22.8 Å². The minimum absolute atomic E-state index is 0.0871. The molecule has 1 N–H and O–H groups in total. The summed E-state index contributed by atoms with van der Waals surface area (Å²) in [5, 5.41) is 14.0. The Morgan fingerprint density at radius 3 is 3.06 bits per heavy atom. The van der Waals surface area contributed by atoms with Crippen LogP contribution in [0.25, 0.3) is 5.52 Å². The largest absolute Gasteiger partial charge is 0.505 e. The van der Waals surface area contributed by atoms with Gasteiger partial charge in [0.05, 0.1) is 12.8 Å². The first kappa shape index (κ1) is 10.5. The van der Waals surface area contributed by atoms with Gasteiger partial charge in [0.15, 0.2) is 5.75 Å². The first-order valence-electron chi connectivity index (χ1n) is 4.98. The standard InChI is InChI=1S/C11H12N2O3/c1-3-16-11(15)8-4-5-13-9(10(8)14)7(2)6-12-13/h4-6,14H,3H2,1-2H3. The number of carbonyl (C=O) groups is 1. The number of rotatable bonds is 2. The average molecular weight is 220 g/mol. The number of carbonyl (C=O) groups excluding carboxylic acids is 1. The first-order chi connectivity index (χ1) is 7.65. The second-order valence-electron chi connectivity index (χ2n) is 3.42. The molecule has 0 atom stereocenters. The molecule has 0 saturated heterocycles. The fraction of sp³-hybridized carbons (Fsp3) is 0.273. The van der Waals surface area contributed by atoms with Crippen molar-refractivity contribution < 1.29 is 14.6 Å².